The van der Waals surface area contributed by atoms with Crippen molar-refractivity contribution < 1.29 is 4.79 Å². The van der Waals surface area contributed by atoms with Crippen LogP contribution in [-0.2, 0) is 0 Å². The lowest BCUT2D eigenvalue weighted by Gasteiger charge is -2.16. The molecule has 0 aromatic heterocycles. The van der Waals surface area contributed by atoms with Crippen LogP contribution in [-0.4, -0.2) is 5.78 Å². The van der Waals surface area contributed by atoms with Gasteiger partial charge in [-0.2, -0.15) is 0 Å². The number of hydrogen-bond donors (Lipinski definition) is 0. The van der Waals surface area contributed by atoms with E-state index in [4.69, 9.17) is 0 Å². The predicted octanol–water partition coefficient (Wildman–Crippen LogP) is 4.48. The molecular formula is C17H18O. The maximum Gasteiger partial charge on any atom is 0.160 e. The molecule has 1 nitrogen and oxygen atoms in total. The molecule has 0 N–H and O–H groups in total. The molecule has 2 aromatic carbocycles. The molecular weight excluding hydrogens is 220 g/mol. The molecule has 2 aromatic rings. The van der Waals surface area contributed by atoms with Gasteiger partial charge in [0.1, 0.15) is 0 Å². The highest BCUT2D eigenvalue weighted by atomic mass is 16.1. The van der Waals surface area contributed by atoms with E-state index in [0.29, 0.717) is 0 Å². The third kappa shape index (κ3) is 2.08. The molecule has 0 bridgehead atoms. The molecule has 0 saturated carbocycles. The molecule has 0 atom stereocenters. The zero-order chi connectivity index (χ0) is 13.3. The Labute approximate surface area is 108 Å². The molecule has 18 heavy (non-hydrogen) atoms. The van der Waals surface area contributed by atoms with Crippen LogP contribution in [0, 0.1) is 20.8 Å². The summed E-state index contributed by atoms with van der Waals surface area (Å²) in [6.45, 7) is 7.79. The van der Waals surface area contributed by atoms with Crippen molar-refractivity contribution >= 4 is 5.78 Å². The number of benzene rings is 2. The van der Waals surface area contributed by atoms with Gasteiger partial charge in [-0.1, -0.05) is 36.4 Å². The fraction of sp³-hybridized carbons (Fsp3) is 0.235. The summed E-state index contributed by atoms with van der Waals surface area (Å²) in [7, 11) is 0. The predicted molar refractivity (Wildman–Crippen MR) is 76.1 cm³/mol. The van der Waals surface area contributed by atoms with E-state index in [1.807, 2.05) is 32.0 Å². The number of Topliss-reactive ketones (excluding diaryl/α,β-unsaturated/α-hetero) is 1. The fourth-order valence-corrected chi connectivity index (χ4v) is 2.78. The second-order valence-corrected chi connectivity index (χ2v) is 4.81. The van der Waals surface area contributed by atoms with Crippen molar-refractivity contribution in [3.63, 3.8) is 0 Å². The summed E-state index contributed by atoms with van der Waals surface area (Å²) in [6.07, 6.45) is 0. The first-order valence-corrected chi connectivity index (χ1v) is 6.19. The quantitative estimate of drug-likeness (QED) is 0.705. The molecule has 0 amide bonds. The molecule has 0 radical (unpaired) electrons. The van der Waals surface area contributed by atoms with Crippen LogP contribution in [0.5, 0.6) is 0 Å². The van der Waals surface area contributed by atoms with Crippen LogP contribution in [0.4, 0.5) is 0 Å². The first kappa shape index (κ1) is 12.6. The lowest BCUT2D eigenvalue weighted by atomic mass is 9.88. The topological polar surface area (TPSA) is 17.1 Å². The first-order chi connectivity index (χ1) is 8.52. The van der Waals surface area contributed by atoms with Crippen LogP contribution in [0.2, 0.25) is 0 Å². The van der Waals surface area contributed by atoms with Crippen LogP contribution in [0.15, 0.2) is 36.4 Å². The smallest absolute Gasteiger partial charge is 0.160 e. The average Bonchev–Trinajstić information content (AvgIpc) is 2.28. The summed E-state index contributed by atoms with van der Waals surface area (Å²) in [6, 6.07) is 12.4. The molecule has 2 rings (SSSR count). The molecule has 92 valence electrons. The summed E-state index contributed by atoms with van der Waals surface area (Å²) in [4.78, 5) is 11.8. The van der Waals surface area contributed by atoms with Gasteiger partial charge >= 0.3 is 0 Å². The van der Waals surface area contributed by atoms with Crippen LogP contribution < -0.4 is 0 Å². The summed E-state index contributed by atoms with van der Waals surface area (Å²) < 4.78 is 0. The minimum Gasteiger partial charge on any atom is -0.294 e. The maximum atomic E-state index is 11.8. The van der Waals surface area contributed by atoms with Crippen molar-refractivity contribution in [2.24, 2.45) is 0 Å². The summed E-state index contributed by atoms with van der Waals surface area (Å²) in [5, 5.41) is 0. The molecule has 0 heterocycles. The molecule has 1 heteroatoms. The second-order valence-electron chi connectivity index (χ2n) is 4.81. The average molecular weight is 238 g/mol. The molecule has 0 aliphatic heterocycles. The van der Waals surface area contributed by atoms with E-state index in [9.17, 15) is 4.79 Å². The Kier molecular flexibility index (Phi) is 3.33. The molecule has 0 aliphatic carbocycles. The van der Waals surface area contributed by atoms with E-state index in [2.05, 4.69) is 25.1 Å². The van der Waals surface area contributed by atoms with Crippen molar-refractivity contribution in [1.29, 1.82) is 0 Å². The molecule has 0 fully saturated rings. The van der Waals surface area contributed by atoms with Crippen molar-refractivity contribution in [3.8, 4) is 11.1 Å². The van der Waals surface area contributed by atoms with Gasteiger partial charge in [0, 0.05) is 5.56 Å². The Morgan fingerprint density at radius 1 is 0.944 bits per heavy atom. The lowest BCUT2D eigenvalue weighted by Crippen LogP contribution is -2.03. The fourth-order valence-electron chi connectivity index (χ4n) is 2.78. The third-order valence-electron chi connectivity index (χ3n) is 3.39. The number of rotatable bonds is 2. The maximum absolute atomic E-state index is 11.8. The number of ketones is 1. The van der Waals surface area contributed by atoms with E-state index >= 15 is 0 Å². The number of hydrogen-bond acceptors (Lipinski definition) is 1. The van der Waals surface area contributed by atoms with Gasteiger partial charge in [0.15, 0.2) is 5.78 Å². The van der Waals surface area contributed by atoms with Gasteiger partial charge in [0.2, 0.25) is 0 Å². The molecule has 0 unspecified atom stereocenters. The van der Waals surface area contributed by atoms with E-state index < -0.39 is 0 Å². The second kappa shape index (κ2) is 4.77. The highest BCUT2D eigenvalue weighted by molar-refractivity contribution is 5.99. The van der Waals surface area contributed by atoms with Crippen LogP contribution >= 0.6 is 0 Å². The summed E-state index contributed by atoms with van der Waals surface area (Å²) in [5.74, 6) is 0.141. The van der Waals surface area contributed by atoms with Gasteiger partial charge in [0.05, 0.1) is 0 Å². The SMILES string of the molecule is CC(=O)c1c(C)cc(C)c(-c2ccccc2)c1C. The van der Waals surface area contributed by atoms with E-state index in [0.717, 1.165) is 16.7 Å². The first-order valence-electron chi connectivity index (χ1n) is 6.19. The molecule has 0 saturated heterocycles. The van der Waals surface area contributed by atoms with E-state index in [1.54, 1.807) is 6.92 Å². The Hall–Kier alpha value is -1.89. The highest BCUT2D eigenvalue weighted by Crippen LogP contribution is 2.31. The highest BCUT2D eigenvalue weighted by Gasteiger charge is 2.14. The minimum atomic E-state index is 0.141. The van der Waals surface area contributed by atoms with Crippen LogP contribution in [0.25, 0.3) is 11.1 Å². The molecule has 0 spiro atoms. The van der Waals surface area contributed by atoms with Gasteiger partial charge in [-0.25, -0.2) is 0 Å². The third-order valence-corrected chi connectivity index (χ3v) is 3.39. The standard InChI is InChI=1S/C17H18O/c1-11-10-12(2)17(13(3)16(11)14(4)18)15-8-6-5-7-9-15/h5-10H,1-4H3. The Morgan fingerprint density at radius 3 is 2.11 bits per heavy atom. The van der Waals surface area contributed by atoms with Gasteiger partial charge in [-0.3, -0.25) is 4.79 Å². The summed E-state index contributed by atoms with van der Waals surface area (Å²) in [5.41, 5.74) is 6.60. The van der Waals surface area contributed by atoms with E-state index in [-0.39, 0.29) is 5.78 Å². The minimum absolute atomic E-state index is 0.141. The van der Waals surface area contributed by atoms with Crippen LogP contribution in [0.3, 0.4) is 0 Å². The van der Waals surface area contributed by atoms with Gasteiger partial charge < -0.3 is 0 Å². The zero-order valence-corrected chi connectivity index (χ0v) is 11.4. The Bertz CT molecular complexity index is 595. The van der Waals surface area contributed by atoms with Crippen molar-refractivity contribution in [2.75, 3.05) is 0 Å². The Morgan fingerprint density at radius 2 is 1.56 bits per heavy atom. The van der Waals surface area contributed by atoms with Crippen LogP contribution in [0.1, 0.15) is 34.0 Å². The van der Waals surface area contributed by atoms with Gasteiger partial charge in [0.25, 0.3) is 0 Å². The van der Waals surface area contributed by atoms with Crippen molar-refractivity contribution in [3.05, 3.63) is 58.7 Å². The monoisotopic (exact) mass is 238 g/mol. The largest absolute Gasteiger partial charge is 0.294 e. The van der Waals surface area contributed by atoms with Gasteiger partial charge in [-0.15, -0.1) is 0 Å². The number of carbonyl (C=O) groups is 1. The number of carbonyl (C=O) groups excluding carboxylic acids is 1. The van der Waals surface area contributed by atoms with Gasteiger partial charge in [-0.05, 0) is 55.5 Å². The lowest BCUT2D eigenvalue weighted by molar-refractivity contribution is 0.101. The van der Waals surface area contributed by atoms with Crippen molar-refractivity contribution in [2.45, 2.75) is 27.7 Å². The summed E-state index contributed by atoms with van der Waals surface area (Å²) >= 11 is 0. The van der Waals surface area contributed by atoms with Crippen molar-refractivity contribution in [1.82, 2.24) is 0 Å². The zero-order valence-electron chi connectivity index (χ0n) is 11.4. The Balaban J connectivity index is 2.76. The number of aryl methyl sites for hydroxylation is 2. The van der Waals surface area contributed by atoms with E-state index in [1.165, 1.54) is 16.7 Å². The normalized spacial score (nSPS) is 10.4. The molecule has 0 aliphatic rings.